The minimum Gasteiger partial charge on any atom is -0.389 e. The van der Waals surface area contributed by atoms with Crippen LogP contribution in [0.3, 0.4) is 0 Å². The van der Waals surface area contributed by atoms with Gasteiger partial charge in [-0.15, -0.1) is 0 Å². The van der Waals surface area contributed by atoms with Crippen molar-refractivity contribution in [2.75, 3.05) is 13.1 Å². The summed E-state index contributed by atoms with van der Waals surface area (Å²) in [6, 6.07) is 0. The maximum Gasteiger partial charge on any atom is 0.0772 e. The summed E-state index contributed by atoms with van der Waals surface area (Å²) >= 11 is 0. The molecular weight excluding hydrogens is 234 g/mol. The Hall–Kier alpha value is -0.0800. The molecule has 0 aromatic rings. The fraction of sp³-hybridized carbons (Fsp3) is 1.00. The summed E-state index contributed by atoms with van der Waals surface area (Å²) in [6.45, 7) is 6.62. The fourth-order valence-electron chi connectivity index (χ4n) is 4.69. The summed E-state index contributed by atoms with van der Waals surface area (Å²) in [5, 5.41) is 14.2. The van der Waals surface area contributed by atoms with Crippen molar-refractivity contribution >= 4 is 0 Å². The van der Waals surface area contributed by atoms with Crippen LogP contribution in [0.1, 0.15) is 65.2 Å². The van der Waals surface area contributed by atoms with E-state index < -0.39 is 5.60 Å². The fourth-order valence-corrected chi connectivity index (χ4v) is 4.69. The molecule has 0 amide bonds. The first-order chi connectivity index (χ1) is 8.96. The van der Waals surface area contributed by atoms with Gasteiger partial charge in [-0.1, -0.05) is 20.3 Å². The first kappa shape index (κ1) is 13.9. The Balaban J connectivity index is 1.40. The zero-order valence-electron chi connectivity index (χ0n) is 12.8. The molecule has 2 heteroatoms. The molecule has 0 heterocycles. The molecule has 3 rings (SSSR count). The quantitative estimate of drug-likeness (QED) is 0.817. The maximum absolute atomic E-state index is 10.6. The normalized spacial score (nSPS) is 39.6. The summed E-state index contributed by atoms with van der Waals surface area (Å²) < 4.78 is 0. The zero-order valence-corrected chi connectivity index (χ0v) is 12.8. The Morgan fingerprint density at radius 1 is 1.05 bits per heavy atom. The van der Waals surface area contributed by atoms with Crippen LogP contribution in [0.5, 0.6) is 0 Å². The van der Waals surface area contributed by atoms with Crippen LogP contribution in [-0.2, 0) is 0 Å². The first-order valence-corrected chi connectivity index (χ1v) is 8.39. The molecule has 0 aromatic heterocycles. The minimum absolute atomic E-state index is 0.423. The lowest BCUT2D eigenvalue weighted by Crippen LogP contribution is -2.46. The standard InChI is InChI=1S/C17H31NO/c1-16(2)5-7-17(19,8-6-16)12-18-11-15-10-13-3-4-14(15)9-13/h13-15,18-19H,3-12H2,1-2H3. The van der Waals surface area contributed by atoms with E-state index in [2.05, 4.69) is 19.2 Å². The highest BCUT2D eigenvalue weighted by molar-refractivity contribution is 4.93. The molecule has 110 valence electrons. The Labute approximate surface area is 118 Å². The molecule has 3 unspecified atom stereocenters. The van der Waals surface area contributed by atoms with Crippen LogP contribution in [0.25, 0.3) is 0 Å². The largest absolute Gasteiger partial charge is 0.389 e. The second-order valence-corrected chi connectivity index (χ2v) is 8.45. The molecule has 3 atom stereocenters. The lowest BCUT2D eigenvalue weighted by molar-refractivity contribution is -0.0250. The number of aliphatic hydroxyl groups is 1. The zero-order chi connectivity index (χ0) is 13.5. The van der Waals surface area contributed by atoms with Crippen LogP contribution < -0.4 is 5.32 Å². The van der Waals surface area contributed by atoms with Gasteiger partial charge in [-0.2, -0.15) is 0 Å². The summed E-state index contributed by atoms with van der Waals surface area (Å²) in [6.07, 6.45) is 10.2. The first-order valence-electron chi connectivity index (χ1n) is 8.39. The molecule has 3 aliphatic rings. The van der Waals surface area contributed by atoms with E-state index in [1.54, 1.807) is 0 Å². The van der Waals surface area contributed by atoms with Crippen molar-refractivity contribution < 1.29 is 5.11 Å². The summed E-state index contributed by atoms with van der Waals surface area (Å²) in [5.41, 5.74) is 0.0178. The van der Waals surface area contributed by atoms with Crippen LogP contribution in [0.15, 0.2) is 0 Å². The summed E-state index contributed by atoms with van der Waals surface area (Å²) in [5.74, 6) is 2.94. The van der Waals surface area contributed by atoms with Gasteiger partial charge in [0, 0.05) is 6.54 Å². The molecule has 3 fully saturated rings. The molecule has 0 aliphatic heterocycles. The van der Waals surface area contributed by atoms with Gasteiger partial charge in [0.15, 0.2) is 0 Å². The van der Waals surface area contributed by atoms with Crippen molar-refractivity contribution in [1.29, 1.82) is 0 Å². The van der Waals surface area contributed by atoms with Crippen molar-refractivity contribution in [3.8, 4) is 0 Å². The van der Waals surface area contributed by atoms with E-state index in [1.807, 2.05) is 0 Å². The van der Waals surface area contributed by atoms with E-state index in [4.69, 9.17) is 0 Å². The molecule has 19 heavy (non-hydrogen) atoms. The number of fused-ring (bicyclic) bond motifs is 2. The van der Waals surface area contributed by atoms with E-state index in [-0.39, 0.29) is 0 Å². The molecule has 0 saturated heterocycles. The predicted octanol–water partition coefficient (Wildman–Crippen LogP) is 3.34. The number of nitrogens with one attached hydrogen (secondary N) is 1. The van der Waals surface area contributed by atoms with E-state index in [9.17, 15) is 5.11 Å². The molecule has 3 aliphatic carbocycles. The number of hydrogen-bond donors (Lipinski definition) is 2. The van der Waals surface area contributed by atoms with Gasteiger partial charge in [0.25, 0.3) is 0 Å². The molecular formula is C17H31NO. The highest BCUT2D eigenvalue weighted by atomic mass is 16.3. The Morgan fingerprint density at radius 2 is 1.79 bits per heavy atom. The molecule has 2 N–H and O–H groups in total. The molecule has 2 nitrogen and oxygen atoms in total. The van der Waals surface area contributed by atoms with Crippen molar-refractivity contribution in [3.63, 3.8) is 0 Å². The Morgan fingerprint density at radius 3 is 2.37 bits per heavy atom. The minimum atomic E-state index is -0.423. The Kier molecular flexibility index (Phi) is 3.68. The molecule has 0 spiro atoms. The van der Waals surface area contributed by atoms with E-state index in [1.165, 1.54) is 38.5 Å². The third-order valence-electron chi connectivity index (χ3n) is 6.28. The second kappa shape index (κ2) is 5.04. The maximum atomic E-state index is 10.6. The van der Waals surface area contributed by atoms with Crippen molar-refractivity contribution in [3.05, 3.63) is 0 Å². The third-order valence-corrected chi connectivity index (χ3v) is 6.28. The predicted molar refractivity (Wildman–Crippen MR) is 79.0 cm³/mol. The number of hydrogen-bond acceptors (Lipinski definition) is 2. The number of rotatable bonds is 4. The average Bonchev–Trinajstić information content (AvgIpc) is 2.96. The summed E-state index contributed by atoms with van der Waals surface area (Å²) in [7, 11) is 0. The summed E-state index contributed by atoms with van der Waals surface area (Å²) in [4.78, 5) is 0. The van der Waals surface area contributed by atoms with Crippen molar-refractivity contribution in [1.82, 2.24) is 5.32 Å². The molecule has 3 saturated carbocycles. The highest BCUT2D eigenvalue weighted by Crippen LogP contribution is 2.48. The topological polar surface area (TPSA) is 32.3 Å². The van der Waals surface area contributed by atoms with Gasteiger partial charge in [-0.25, -0.2) is 0 Å². The van der Waals surface area contributed by atoms with Gasteiger partial charge in [0.1, 0.15) is 0 Å². The average molecular weight is 265 g/mol. The van der Waals surface area contributed by atoms with Gasteiger partial charge in [-0.3, -0.25) is 0 Å². The van der Waals surface area contributed by atoms with E-state index in [0.29, 0.717) is 5.41 Å². The molecule has 0 aromatic carbocycles. The highest BCUT2D eigenvalue weighted by Gasteiger charge is 2.40. The monoisotopic (exact) mass is 265 g/mol. The van der Waals surface area contributed by atoms with Gasteiger partial charge >= 0.3 is 0 Å². The van der Waals surface area contributed by atoms with Gasteiger partial charge < -0.3 is 10.4 Å². The van der Waals surface area contributed by atoms with Gasteiger partial charge in [0.05, 0.1) is 5.60 Å². The van der Waals surface area contributed by atoms with E-state index in [0.717, 1.165) is 43.7 Å². The molecule has 0 radical (unpaired) electrons. The van der Waals surface area contributed by atoms with Gasteiger partial charge in [-0.05, 0) is 74.7 Å². The lowest BCUT2D eigenvalue weighted by Gasteiger charge is -2.40. The van der Waals surface area contributed by atoms with Crippen molar-refractivity contribution in [2.45, 2.75) is 70.8 Å². The third kappa shape index (κ3) is 3.16. The van der Waals surface area contributed by atoms with Crippen LogP contribution in [0, 0.1) is 23.2 Å². The van der Waals surface area contributed by atoms with E-state index >= 15 is 0 Å². The smallest absolute Gasteiger partial charge is 0.0772 e. The Bertz CT molecular complexity index is 315. The second-order valence-electron chi connectivity index (χ2n) is 8.45. The lowest BCUT2D eigenvalue weighted by atomic mass is 9.71. The van der Waals surface area contributed by atoms with Crippen molar-refractivity contribution in [2.24, 2.45) is 23.2 Å². The van der Waals surface area contributed by atoms with Crippen LogP contribution in [0.4, 0.5) is 0 Å². The SMILES string of the molecule is CC1(C)CCC(O)(CNCC2CC3CCC2C3)CC1. The van der Waals surface area contributed by atoms with Crippen LogP contribution >= 0.6 is 0 Å². The molecule has 2 bridgehead atoms. The van der Waals surface area contributed by atoms with Crippen LogP contribution in [-0.4, -0.2) is 23.8 Å². The van der Waals surface area contributed by atoms with Gasteiger partial charge in [0.2, 0.25) is 0 Å². The van der Waals surface area contributed by atoms with Crippen LogP contribution in [0.2, 0.25) is 0 Å².